The SMILES string of the molecule is CN(C)CC(=O)N1CCO[C@@H](COc2ncc(S(=O)(=O)NC(=O)c3ccc(N4CCN(CC5=C(c6ccc(Cl)cc6)CC(C)(C)CC5)CC4)cc3OC3CCCC4NNCC43)cc2Cl)C1. The molecule has 3 aliphatic heterocycles. The van der Waals surface area contributed by atoms with Crippen molar-refractivity contribution in [2.45, 2.75) is 75.5 Å². The number of allylic oxidation sites excluding steroid dienone is 1. The first-order valence-electron chi connectivity index (χ1n) is 22.7. The lowest BCUT2D eigenvalue weighted by molar-refractivity contribution is -0.140. The van der Waals surface area contributed by atoms with Gasteiger partial charge in [-0.2, -0.15) is 0 Å². The molecule has 18 heteroatoms. The summed E-state index contributed by atoms with van der Waals surface area (Å²) in [7, 11) is -0.759. The number of carbonyl (C=O) groups excluding carboxylic acids is 2. The van der Waals surface area contributed by atoms with Crippen LogP contribution in [0.5, 0.6) is 11.6 Å². The van der Waals surface area contributed by atoms with Crippen molar-refractivity contribution < 1.29 is 32.2 Å². The van der Waals surface area contributed by atoms with E-state index in [0.717, 1.165) is 94.7 Å². The normalized spacial score (nSPS) is 23.9. The maximum atomic E-state index is 14.0. The molecule has 65 heavy (non-hydrogen) atoms. The Labute approximate surface area is 393 Å². The predicted molar refractivity (Wildman–Crippen MR) is 252 cm³/mol. The molecule has 1 aromatic heterocycles. The Hall–Kier alpha value is -4.00. The summed E-state index contributed by atoms with van der Waals surface area (Å²) in [6.45, 7) is 11.2. The van der Waals surface area contributed by atoms with Crippen molar-refractivity contribution >= 4 is 56.3 Å². The Morgan fingerprint density at radius 2 is 1.82 bits per heavy atom. The Morgan fingerprint density at radius 1 is 1.03 bits per heavy atom. The number of hydrogen-bond donors (Lipinski definition) is 3. The van der Waals surface area contributed by atoms with Gasteiger partial charge in [-0.25, -0.2) is 18.1 Å². The van der Waals surface area contributed by atoms with Gasteiger partial charge in [-0.05, 0) is 99.5 Å². The highest BCUT2D eigenvalue weighted by Crippen LogP contribution is 2.43. The summed E-state index contributed by atoms with van der Waals surface area (Å²) >= 11 is 12.8. The number of halogens is 2. The largest absolute Gasteiger partial charge is 0.489 e. The number of rotatable bonds is 14. The van der Waals surface area contributed by atoms with Crippen molar-refractivity contribution in [1.82, 2.24) is 35.3 Å². The van der Waals surface area contributed by atoms with Gasteiger partial charge in [0.15, 0.2) is 0 Å². The number of morpholine rings is 1. The Bertz CT molecular complexity index is 2340. The molecule has 1 saturated carbocycles. The van der Waals surface area contributed by atoms with E-state index in [4.69, 9.17) is 37.4 Å². The molecule has 3 aromatic rings. The van der Waals surface area contributed by atoms with E-state index in [1.54, 1.807) is 11.0 Å². The zero-order valence-corrected chi connectivity index (χ0v) is 40.1. The van der Waals surface area contributed by atoms with E-state index in [0.29, 0.717) is 25.4 Å². The molecule has 8 rings (SSSR count). The number of likely N-dealkylation sites (N-methyl/N-ethyl adjacent to an activating group) is 1. The third-order valence-electron chi connectivity index (χ3n) is 13.3. The minimum absolute atomic E-state index is 0.00359. The van der Waals surface area contributed by atoms with E-state index in [9.17, 15) is 18.0 Å². The van der Waals surface area contributed by atoms with Gasteiger partial charge in [0, 0.05) is 74.5 Å². The number of aromatic nitrogens is 1. The fourth-order valence-electron chi connectivity index (χ4n) is 9.67. The van der Waals surface area contributed by atoms with Crippen LogP contribution < -0.4 is 29.9 Å². The number of anilines is 1. The molecule has 3 N–H and O–H groups in total. The summed E-state index contributed by atoms with van der Waals surface area (Å²) < 4.78 is 48.1. The zero-order valence-electron chi connectivity index (χ0n) is 37.8. The molecule has 352 valence electrons. The van der Waals surface area contributed by atoms with Crippen molar-refractivity contribution in [3.63, 3.8) is 0 Å². The summed E-state index contributed by atoms with van der Waals surface area (Å²) in [5.41, 5.74) is 12.1. The molecule has 4 atom stereocenters. The Balaban J connectivity index is 0.946. The number of benzene rings is 2. The number of ether oxygens (including phenoxy) is 3. The van der Waals surface area contributed by atoms with Crippen molar-refractivity contribution in [3.8, 4) is 11.6 Å². The molecule has 2 aromatic carbocycles. The highest BCUT2D eigenvalue weighted by Gasteiger charge is 2.39. The number of carbonyl (C=O) groups is 2. The number of pyridine rings is 1. The van der Waals surface area contributed by atoms with E-state index in [2.05, 4.69) is 56.3 Å². The first-order valence-corrected chi connectivity index (χ1v) is 25.0. The molecule has 3 unspecified atom stereocenters. The molecule has 4 fully saturated rings. The second-order valence-electron chi connectivity index (χ2n) is 19.0. The maximum Gasteiger partial charge on any atom is 0.268 e. The number of hydrazine groups is 1. The average molecular weight is 954 g/mol. The highest BCUT2D eigenvalue weighted by atomic mass is 35.5. The molecular weight excluding hydrogens is 892 g/mol. The number of nitrogens with zero attached hydrogens (tertiary/aromatic N) is 5. The molecule has 15 nitrogen and oxygen atoms in total. The van der Waals surface area contributed by atoms with E-state index < -0.39 is 22.0 Å². The van der Waals surface area contributed by atoms with Crippen LogP contribution in [-0.2, 0) is 19.6 Å². The van der Waals surface area contributed by atoms with Crippen molar-refractivity contribution in [1.29, 1.82) is 0 Å². The van der Waals surface area contributed by atoms with Gasteiger partial charge in [0.1, 0.15) is 34.5 Å². The van der Waals surface area contributed by atoms with Gasteiger partial charge in [0.05, 0.1) is 31.5 Å². The van der Waals surface area contributed by atoms with E-state index in [1.165, 1.54) is 22.8 Å². The van der Waals surface area contributed by atoms with Crippen LogP contribution in [0, 0.1) is 11.3 Å². The van der Waals surface area contributed by atoms with E-state index in [1.807, 2.05) is 43.3 Å². The zero-order chi connectivity index (χ0) is 45.9. The van der Waals surface area contributed by atoms with Crippen molar-refractivity contribution in [3.05, 3.63) is 81.5 Å². The van der Waals surface area contributed by atoms with Crippen LogP contribution in [0.25, 0.3) is 5.57 Å². The fraction of sp³-hybridized carbons (Fsp3) is 0.553. The van der Waals surface area contributed by atoms with Crippen LogP contribution in [0.1, 0.15) is 68.3 Å². The van der Waals surface area contributed by atoms with Gasteiger partial charge >= 0.3 is 0 Å². The first kappa shape index (κ1) is 47.5. The summed E-state index contributed by atoms with van der Waals surface area (Å²) in [4.78, 5) is 38.9. The molecule has 2 amide bonds. The molecule has 4 heterocycles. The summed E-state index contributed by atoms with van der Waals surface area (Å²) in [6.07, 6.45) is 6.56. The van der Waals surface area contributed by atoms with E-state index >= 15 is 0 Å². The summed E-state index contributed by atoms with van der Waals surface area (Å²) in [6, 6.07) is 15.1. The molecular formula is C47H62Cl2N8O7S. The number of piperazine rings is 1. The lowest BCUT2D eigenvalue weighted by Crippen LogP contribution is -2.49. The van der Waals surface area contributed by atoms with Gasteiger partial charge in [-0.15, -0.1) is 0 Å². The van der Waals surface area contributed by atoms with Gasteiger partial charge in [0.2, 0.25) is 11.8 Å². The second-order valence-corrected chi connectivity index (χ2v) is 21.6. The predicted octanol–water partition coefficient (Wildman–Crippen LogP) is 5.48. The summed E-state index contributed by atoms with van der Waals surface area (Å²) in [5.74, 6) is -0.307. The number of hydrogen-bond acceptors (Lipinski definition) is 13. The minimum atomic E-state index is -4.43. The van der Waals surface area contributed by atoms with Crippen molar-refractivity contribution in [2.24, 2.45) is 11.3 Å². The van der Waals surface area contributed by atoms with Crippen LogP contribution in [-0.4, -0.2) is 144 Å². The summed E-state index contributed by atoms with van der Waals surface area (Å²) in [5, 5.41) is 0.685. The Kier molecular flexibility index (Phi) is 15.0. The topological polar surface area (TPSA) is 158 Å². The number of fused-ring (bicyclic) bond motifs is 1. The highest BCUT2D eigenvalue weighted by molar-refractivity contribution is 7.90. The van der Waals surface area contributed by atoms with Crippen LogP contribution >= 0.6 is 23.2 Å². The second kappa shape index (κ2) is 20.5. The molecule has 5 aliphatic rings. The molecule has 2 aliphatic carbocycles. The van der Waals surface area contributed by atoms with Gasteiger partial charge in [0.25, 0.3) is 15.9 Å². The van der Waals surface area contributed by atoms with Crippen LogP contribution in [0.2, 0.25) is 10.0 Å². The van der Waals surface area contributed by atoms with E-state index in [-0.39, 0.29) is 63.9 Å². The third kappa shape index (κ3) is 11.8. The molecule has 3 saturated heterocycles. The quantitative estimate of drug-likeness (QED) is 0.187. The number of nitrogens with one attached hydrogen (secondary N) is 3. The molecule has 0 bridgehead atoms. The van der Waals surface area contributed by atoms with Gasteiger partial charge in [-0.1, -0.05) is 54.8 Å². The number of amides is 2. The molecule has 0 radical (unpaired) electrons. The lowest BCUT2D eigenvalue weighted by atomic mass is 9.72. The lowest BCUT2D eigenvalue weighted by Gasteiger charge is -2.39. The van der Waals surface area contributed by atoms with Crippen LogP contribution in [0.4, 0.5) is 5.69 Å². The van der Waals surface area contributed by atoms with Crippen molar-refractivity contribution in [2.75, 3.05) is 91.1 Å². The smallest absolute Gasteiger partial charge is 0.268 e. The monoisotopic (exact) mass is 952 g/mol. The average Bonchev–Trinajstić information content (AvgIpc) is 3.77. The minimum Gasteiger partial charge on any atom is -0.489 e. The fourth-order valence-corrected chi connectivity index (χ4v) is 11.0. The van der Waals surface area contributed by atoms with Gasteiger partial charge in [-0.3, -0.25) is 25.3 Å². The van der Waals surface area contributed by atoms with Crippen LogP contribution in [0.3, 0.4) is 0 Å². The Morgan fingerprint density at radius 3 is 2.57 bits per heavy atom. The maximum absolute atomic E-state index is 14.0. The number of sulfonamides is 1. The van der Waals surface area contributed by atoms with Gasteiger partial charge < -0.3 is 28.9 Å². The van der Waals surface area contributed by atoms with Crippen LogP contribution in [0.15, 0.2) is 65.2 Å². The third-order valence-corrected chi connectivity index (χ3v) is 15.1. The standard InChI is InChI=1S/C47H62Cl2N8O7S/c1-47(2)15-14-32(38(24-47)31-8-10-33(48)11-9-31)27-55-16-18-56(19-17-55)34-12-13-37(43(22-34)64-42-7-5-6-41-39(42)26-51-52-41)45(59)53-65(60,61)36-23-40(49)46(50-25-36)63-30-35-28-57(20-21-62-35)44(58)29-54(3)4/h8-13,22-23,25,35,39,41-42,51-52H,5-7,14-21,24,26-30H2,1-4H3,(H,53,59)/t35-,39?,41?,42?/m1/s1. The first-order chi connectivity index (χ1) is 31.1. The molecule has 0 spiro atoms.